The van der Waals surface area contributed by atoms with Gasteiger partial charge in [-0.05, 0) is 31.5 Å². The summed E-state index contributed by atoms with van der Waals surface area (Å²) in [6.07, 6.45) is 1.19. The van der Waals surface area contributed by atoms with E-state index in [0.29, 0.717) is 6.42 Å². The van der Waals surface area contributed by atoms with Gasteiger partial charge >= 0.3 is 0 Å². The molecule has 0 aromatic heterocycles. The molecule has 0 radical (unpaired) electrons. The van der Waals surface area contributed by atoms with Crippen molar-refractivity contribution in [1.29, 1.82) is 0 Å². The molecule has 0 spiro atoms. The Labute approximate surface area is 111 Å². The van der Waals surface area contributed by atoms with Crippen LogP contribution >= 0.6 is 0 Å². The first-order chi connectivity index (χ1) is 8.77. The summed E-state index contributed by atoms with van der Waals surface area (Å²) in [4.78, 5) is 23.0. The molecule has 1 aromatic carbocycles. The molecule has 104 valence electrons. The Morgan fingerprint density at radius 1 is 1.42 bits per heavy atom. The monoisotopic (exact) mass is 267 g/mol. The molecular weight excluding hydrogens is 249 g/mol. The zero-order chi connectivity index (χ0) is 14.6. The Hall–Kier alpha value is -1.95. The first kappa shape index (κ1) is 15.1. The number of rotatable bonds is 5. The fourth-order valence-corrected chi connectivity index (χ4v) is 1.67. The number of halogens is 1. The predicted octanol–water partition coefficient (Wildman–Crippen LogP) is 1.38. The Kier molecular flexibility index (Phi) is 4.61. The highest BCUT2D eigenvalue weighted by atomic mass is 19.1. The third-order valence-corrected chi connectivity index (χ3v) is 2.79. The second-order valence-corrected chi connectivity index (χ2v) is 4.68. The molecule has 0 aliphatic carbocycles. The highest BCUT2D eigenvalue weighted by Crippen LogP contribution is 2.18. The van der Waals surface area contributed by atoms with Crippen LogP contribution in [0.25, 0.3) is 0 Å². The maximum absolute atomic E-state index is 13.6. The van der Waals surface area contributed by atoms with Crippen LogP contribution in [0.2, 0.25) is 0 Å². The minimum atomic E-state index is -1.09. The van der Waals surface area contributed by atoms with Crippen molar-refractivity contribution in [2.24, 2.45) is 11.5 Å². The van der Waals surface area contributed by atoms with Crippen molar-refractivity contribution in [3.05, 3.63) is 29.6 Å². The van der Waals surface area contributed by atoms with Gasteiger partial charge < -0.3 is 16.8 Å². The van der Waals surface area contributed by atoms with Crippen LogP contribution in [0.3, 0.4) is 0 Å². The lowest BCUT2D eigenvalue weighted by atomic mass is 9.96. The Balaban J connectivity index is 2.96. The van der Waals surface area contributed by atoms with Crippen LogP contribution in [0, 0.1) is 5.82 Å². The quantitative estimate of drug-likeness (QED) is 0.751. The van der Waals surface area contributed by atoms with E-state index in [1.807, 2.05) is 6.92 Å². The molecule has 6 heteroatoms. The number of hydrogen-bond donors (Lipinski definition) is 3. The fraction of sp³-hybridized carbons (Fsp3) is 0.385. The van der Waals surface area contributed by atoms with Crippen LogP contribution in [-0.4, -0.2) is 17.4 Å². The molecule has 0 fully saturated rings. The van der Waals surface area contributed by atoms with E-state index in [1.54, 1.807) is 6.92 Å². The van der Waals surface area contributed by atoms with Gasteiger partial charge in [0, 0.05) is 5.56 Å². The van der Waals surface area contributed by atoms with Gasteiger partial charge in [-0.15, -0.1) is 0 Å². The van der Waals surface area contributed by atoms with Crippen molar-refractivity contribution in [3.63, 3.8) is 0 Å². The van der Waals surface area contributed by atoms with Gasteiger partial charge in [0.2, 0.25) is 11.8 Å². The van der Waals surface area contributed by atoms with Gasteiger partial charge in [0.1, 0.15) is 5.82 Å². The lowest BCUT2D eigenvalue weighted by Crippen LogP contribution is -2.48. The van der Waals surface area contributed by atoms with Crippen LogP contribution < -0.4 is 16.8 Å². The van der Waals surface area contributed by atoms with E-state index < -0.39 is 23.2 Å². The first-order valence-corrected chi connectivity index (χ1v) is 5.97. The third-order valence-electron chi connectivity index (χ3n) is 2.79. The molecule has 2 amide bonds. The highest BCUT2D eigenvalue weighted by molar-refractivity contribution is 5.99. The predicted molar refractivity (Wildman–Crippen MR) is 71.0 cm³/mol. The molecular formula is C13H18FN3O2. The summed E-state index contributed by atoms with van der Waals surface area (Å²) in [5.41, 5.74) is 9.86. The summed E-state index contributed by atoms with van der Waals surface area (Å²) >= 11 is 0. The number of primary amides is 1. The van der Waals surface area contributed by atoms with Crippen molar-refractivity contribution in [2.45, 2.75) is 32.2 Å². The standard InChI is InChI=1S/C13H18FN3O2/c1-3-6-13(2,16)12(19)17-10-7-8(11(15)18)4-5-9(10)14/h4-5,7H,3,6,16H2,1-2H3,(H2,15,18)(H,17,19). The molecule has 1 unspecified atom stereocenters. The summed E-state index contributed by atoms with van der Waals surface area (Å²) < 4.78 is 13.6. The number of nitrogens with two attached hydrogens (primary N) is 2. The zero-order valence-corrected chi connectivity index (χ0v) is 11.0. The average molecular weight is 267 g/mol. The highest BCUT2D eigenvalue weighted by Gasteiger charge is 2.27. The van der Waals surface area contributed by atoms with Crippen molar-refractivity contribution in [2.75, 3.05) is 5.32 Å². The average Bonchev–Trinajstić information content (AvgIpc) is 2.31. The summed E-state index contributed by atoms with van der Waals surface area (Å²) in [5.74, 6) is -1.85. The number of anilines is 1. The summed E-state index contributed by atoms with van der Waals surface area (Å²) in [6, 6.07) is 3.52. The van der Waals surface area contributed by atoms with E-state index in [2.05, 4.69) is 5.32 Å². The SMILES string of the molecule is CCCC(C)(N)C(=O)Nc1cc(C(N)=O)ccc1F. The van der Waals surface area contributed by atoms with Crippen LogP contribution in [0.1, 0.15) is 37.0 Å². The lowest BCUT2D eigenvalue weighted by molar-refractivity contribution is -0.120. The molecule has 1 aromatic rings. The molecule has 0 saturated heterocycles. The van der Waals surface area contributed by atoms with Crippen LogP contribution in [0.5, 0.6) is 0 Å². The summed E-state index contributed by atoms with van der Waals surface area (Å²) in [5, 5.41) is 2.38. The molecule has 0 heterocycles. The van der Waals surface area contributed by atoms with Gasteiger partial charge in [0.05, 0.1) is 11.2 Å². The summed E-state index contributed by atoms with van der Waals surface area (Å²) in [6.45, 7) is 3.47. The van der Waals surface area contributed by atoms with Crippen molar-refractivity contribution >= 4 is 17.5 Å². The maximum atomic E-state index is 13.6. The number of carbonyl (C=O) groups is 2. The van der Waals surface area contributed by atoms with Crippen molar-refractivity contribution in [1.82, 2.24) is 0 Å². The second-order valence-electron chi connectivity index (χ2n) is 4.68. The number of hydrogen-bond acceptors (Lipinski definition) is 3. The van der Waals surface area contributed by atoms with Gasteiger partial charge in [0.15, 0.2) is 0 Å². The van der Waals surface area contributed by atoms with Crippen molar-refractivity contribution < 1.29 is 14.0 Å². The van der Waals surface area contributed by atoms with Crippen LogP contribution in [0.15, 0.2) is 18.2 Å². The minimum absolute atomic E-state index is 0.103. The molecule has 1 atom stereocenters. The zero-order valence-electron chi connectivity index (χ0n) is 11.0. The van der Waals surface area contributed by atoms with E-state index >= 15 is 0 Å². The van der Waals surface area contributed by atoms with Gasteiger partial charge in [-0.25, -0.2) is 4.39 Å². The Morgan fingerprint density at radius 2 is 2.05 bits per heavy atom. The Morgan fingerprint density at radius 3 is 2.58 bits per heavy atom. The number of nitrogens with one attached hydrogen (secondary N) is 1. The van der Waals surface area contributed by atoms with E-state index in [-0.39, 0.29) is 11.3 Å². The van der Waals surface area contributed by atoms with Gasteiger partial charge in [-0.1, -0.05) is 13.3 Å². The molecule has 0 bridgehead atoms. The molecule has 0 saturated carbocycles. The maximum Gasteiger partial charge on any atom is 0.248 e. The number of carbonyl (C=O) groups excluding carboxylic acids is 2. The van der Waals surface area contributed by atoms with Gasteiger partial charge in [0.25, 0.3) is 0 Å². The lowest BCUT2D eigenvalue weighted by Gasteiger charge is -2.23. The molecule has 5 N–H and O–H groups in total. The smallest absolute Gasteiger partial charge is 0.248 e. The molecule has 0 aliphatic rings. The van der Waals surface area contributed by atoms with Crippen LogP contribution in [-0.2, 0) is 4.79 Å². The molecule has 0 aliphatic heterocycles. The number of benzene rings is 1. The van der Waals surface area contributed by atoms with E-state index in [1.165, 1.54) is 12.1 Å². The van der Waals surface area contributed by atoms with E-state index in [4.69, 9.17) is 11.5 Å². The third kappa shape index (κ3) is 3.75. The topological polar surface area (TPSA) is 98.2 Å². The van der Waals surface area contributed by atoms with E-state index in [0.717, 1.165) is 12.5 Å². The van der Waals surface area contributed by atoms with E-state index in [9.17, 15) is 14.0 Å². The minimum Gasteiger partial charge on any atom is -0.366 e. The normalized spacial score (nSPS) is 13.7. The van der Waals surface area contributed by atoms with Crippen molar-refractivity contribution in [3.8, 4) is 0 Å². The second kappa shape index (κ2) is 5.79. The first-order valence-electron chi connectivity index (χ1n) is 5.97. The van der Waals surface area contributed by atoms with Gasteiger partial charge in [-0.2, -0.15) is 0 Å². The molecule has 1 rings (SSSR count). The largest absolute Gasteiger partial charge is 0.366 e. The summed E-state index contributed by atoms with van der Waals surface area (Å²) in [7, 11) is 0. The molecule has 5 nitrogen and oxygen atoms in total. The fourth-order valence-electron chi connectivity index (χ4n) is 1.67. The Bertz CT molecular complexity index is 501. The van der Waals surface area contributed by atoms with Crippen LogP contribution in [0.4, 0.5) is 10.1 Å². The molecule has 19 heavy (non-hydrogen) atoms. The number of amides is 2. The van der Waals surface area contributed by atoms with Gasteiger partial charge in [-0.3, -0.25) is 9.59 Å².